The summed E-state index contributed by atoms with van der Waals surface area (Å²) in [6.45, 7) is 19.6. The topological polar surface area (TPSA) is 74.6 Å². The number of hydrogen-bond donors (Lipinski definition) is 2. The highest BCUT2D eigenvalue weighted by molar-refractivity contribution is 6.09. The van der Waals surface area contributed by atoms with Crippen molar-refractivity contribution in [1.82, 2.24) is 0 Å². The summed E-state index contributed by atoms with van der Waals surface area (Å²) < 4.78 is 0. The second kappa shape index (κ2) is 15.3. The van der Waals surface area contributed by atoms with Gasteiger partial charge in [0.25, 0.3) is 0 Å². The van der Waals surface area contributed by atoms with Crippen LogP contribution in [-0.4, -0.2) is 21.8 Å². The van der Waals surface area contributed by atoms with E-state index in [1.54, 1.807) is 26.0 Å². The molecule has 0 saturated heterocycles. The lowest BCUT2D eigenvalue weighted by atomic mass is 9.76. The quantitative estimate of drug-likeness (QED) is 0.248. The van der Waals surface area contributed by atoms with Gasteiger partial charge in [-0.15, -0.1) is 0 Å². The molecule has 2 N–H and O–H groups in total. The van der Waals surface area contributed by atoms with Crippen LogP contribution in [0.3, 0.4) is 0 Å². The smallest absolute Gasteiger partial charge is 0.222 e. The first-order valence-corrected chi connectivity index (χ1v) is 14.9. The Labute approximate surface area is 264 Å². The number of aliphatic hydroxyl groups excluding tert-OH is 2. The molecule has 0 atom stereocenters. The van der Waals surface area contributed by atoms with Gasteiger partial charge in [0.15, 0.2) is 11.5 Å². The van der Waals surface area contributed by atoms with E-state index >= 15 is 0 Å². The van der Waals surface area contributed by atoms with Crippen LogP contribution in [0.4, 0.5) is 0 Å². The number of ketones is 2. The maximum atomic E-state index is 12.2. The van der Waals surface area contributed by atoms with Gasteiger partial charge in [-0.25, -0.2) is 0 Å². The molecule has 0 aromatic rings. The molecule has 2 aliphatic rings. The summed E-state index contributed by atoms with van der Waals surface area (Å²) in [6.07, 6.45) is 31.4. The first-order valence-electron chi connectivity index (χ1n) is 14.9. The van der Waals surface area contributed by atoms with Crippen molar-refractivity contribution in [3.05, 3.63) is 153 Å². The fraction of sp³-hybridized carbons (Fsp3) is 0.300. The van der Waals surface area contributed by atoms with E-state index in [4.69, 9.17) is 0 Å². The Morgan fingerprint density at radius 1 is 0.545 bits per heavy atom. The summed E-state index contributed by atoms with van der Waals surface area (Å²) in [6, 6.07) is 0. The zero-order valence-electron chi connectivity index (χ0n) is 27.9. The van der Waals surface area contributed by atoms with Gasteiger partial charge in [-0.2, -0.15) is 0 Å². The molecule has 0 amide bonds. The van der Waals surface area contributed by atoms with E-state index in [1.165, 1.54) is 0 Å². The fourth-order valence-corrected chi connectivity index (χ4v) is 5.01. The van der Waals surface area contributed by atoms with Gasteiger partial charge < -0.3 is 10.2 Å². The van der Waals surface area contributed by atoms with E-state index < -0.39 is 10.8 Å². The Bertz CT molecular complexity index is 1450. The Morgan fingerprint density at radius 3 is 1.18 bits per heavy atom. The Hall–Kier alpha value is -4.44. The standard InChI is InChI=1S/C40H48O4/c1-27(17-13-19-29(3)21-23-33-31(5)37(43)35(41)25-39(33,7)8)15-11-12-16-28(2)18-14-20-30(4)22-24-34-32(6)38(44)36(42)26-40(34,9)10/h11-26,41-42H,1-10H3/b12-11+,17-13+,18-14?,23-21+,24-22?,27-15+,28-16?,29-19+,30-20?. The van der Waals surface area contributed by atoms with Crippen molar-refractivity contribution in [2.75, 3.05) is 0 Å². The van der Waals surface area contributed by atoms with Crippen molar-refractivity contribution in [3.63, 3.8) is 0 Å². The van der Waals surface area contributed by atoms with Gasteiger partial charge in [-0.3, -0.25) is 9.59 Å². The van der Waals surface area contributed by atoms with Gasteiger partial charge in [0.05, 0.1) is 0 Å². The molecular formula is C40H48O4. The lowest BCUT2D eigenvalue weighted by Crippen LogP contribution is -2.23. The Kier molecular flexibility index (Phi) is 12.5. The summed E-state index contributed by atoms with van der Waals surface area (Å²) in [4.78, 5) is 24.3. The minimum atomic E-state index is -0.409. The van der Waals surface area contributed by atoms with Crippen LogP contribution in [0.15, 0.2) is 153 Å². The van der Waals surface area contributed by atoms with Crippen molar-refractivity contribution >= 4 is 11.6 Å². The predicted octanol–water partition coefficient (Wildman–Crippen LogP) is 10.3. The van der Waals surface area contributed by atoms with E-state index in [2.05, 4.69) is 0 Å². The van der Waals surface area contributed by atoms with E-state index in [0.717, 1.165) is 33.4 Å². The van der Waals surface area contributed by atoms with Crippen LogP contribution in [0.5, 0.6) is 0 Å². The normalized spacial score (nSPS) is 20.9. The van der Waals surface area contributed by atoms with Crippen LogP contribution < -0.4 is 0 Å². The van der Waals surface area contributed by atoms with Crippen molar-refractivity contribution in [2.45, 2.75) is 69.2 Å². The highest BCUT2D eigenvalue weighted by atomic mass is 16.3. The largest absolute Gasteiger partial charge is 0.504 e. The molecule has 0 heterocycles. The molecule has 232 valence electrons. The summed E-state index contributed by atoms with van der Waals surface area (Å²) in [7, 11) is 0. The summed E-state index contributed by atoms with van der Waals surface area (Å²) in [5.41, 5.74) is 6.47. The minimum Gasteiger partial charge on any atom is -0.504 e. The SMILES string of the molecule is CC(C=CC1=C(C)C(=O)C(O)=CC1(C)C)=CC=CC(C)=C/C=C/C=C(C)/C=C/C=C(C)/C=C/C1=C(C)C(=O)C(O)=CC1(C)C. The lowest BCUT2D eigenvalue weighted by molar-refractivity contribution is -0.115. The molecular weight excluding hydrogens is 544 g/mol. The molecule has 44 heavy (non-hydrogen) atoms. The molecule has 0 radical (unpaired) electrons. The molecule has 4 nitrogen and oxygen atoms in total. The minimum absolute atomic E-state index is 0.181. The van der Waals surface area contributed by atoms with Crippen molar-refractivity contribution in [2.24, 2.45) is 10.8 Å². The Balaban J connectivity index is 1.95. The maximum Gasteiger partial charge on any atom is 0.222 e. The van der Waals surface area contributed by atoms with Crippen molar-refractivity contribution in [1.29, 1.82) is 0 Å². The molecule has 0 saturated carbocycles. The predicted molar refractivity (Wildman–Crippen MR) is 185 cm³/mol. The average Bonchev–Trinajstić information content (AvgIpc) is 2.92. The molecule has 0 bridgehead atoms. The monoisotopic (exact) mass is 592 g/mol. The number of rotatable bonds is 10. The van der Waals surface area contributed by atoms with Crippen LogP contribution in [0.1, 0.15) is 69.2 Å². The van der Waals surface area contributed by atoms with Crippen LogP contribution in [-0.2, 0) is 9.59 Å². The van der Waals surface area contributed by atoms with Crippen molar-refractivity contribution < 1.29 is 19.8 Å². The summed E-state index contributed by atoms with van der Waals surface area (Å²) in [5.74, 6) is -0.992. The number of aliphatic hydroxyl groups is 2. The van der Waals surface area contributed by atoms with Gasteiger partial charge in [-0.1, -0.05) is 135 Å². The molecule has 0 spiro atoms. The molecule has 4 heteroatoms. The lowest BCUT2D eigenvalue weighted by Gasteiger charge is -2.28. The summed E-state index contributed by atoms with van der Waals surface area (Å²) >= 11 is 0. The van der Waals surface area contributed by atoms with Crippen LogP contribution in [0.25, 0.3) is 0 Å². The second-order valence-electron chi connectivity index (χ2n) is 12.7. The van der Waals surface area contributed by atoms with Crippen LogP contribution >= 0.6 is 0 Å². The van der Waals surface area contributed by atoms with Gasteiger partial charge in [0, 0.05) is 22.0 Å². The molecule has 0 unspecified atom stereocenters. The third-order valence-corrected chi connectivity index (χ3v) is 7.63. The first-order chi connectivity index (χ1) is 20.5. The number of allylic oxidation sites excluding steroid dienone is 24. The van der Waals surface area contributed by atoms with Crippen LogP contribution in [0.2, 0.25) is 0 Å². The maximum absolute atomic E-state index is 12.2. The van der Waals surface area contributed by atoms with Crippen LogP contribution in [0, 0.1) is 10.8 Å². The molecule has 0 aliphatic heterocycles. The second-order valence-corrected chi connectivity index (χ2v) is 12.7. The van der Waals surface area contributed by atoms with Gasteiger partial charge in [0.2, 0.25) is 11.6 Å². The van der Waals surface area contributed by atoms with E-state index in [-0.39, 0.29) is 23.1 Å². The molecule has 2 aliphatic carbocycles. The number of carbonyl (C=O) groups excluding carboxylic acids is 2. The first kappa shape index (κ1) is 35.8. The average molecular weight is 593 g/mol. The number of Topliss-reactive ketones (excluding diaryl/α,β-unsaturated/α-hetero) is 2. The molecule has 2 rings (SSSR count). The zero-order valence-corrected chi connectivity index (χ0v) is 27.9. The molecule has 0 fully saturated rings. The third kappa shape index (κ3) is 10.1. The van der Waals surface area contributed by atoms with Gasteiger partial charge in [-0.05, 0) is 64.8 Å². The van der Waals surface area contributed by atoms with E-state index in [1.807, 2.05) is 140 Å². The number of hydrogen-bond acceptors (Lipinski definition) is 4. The Morgan fingerprint density at radius 2 is 0.841 bits per heavy atom. The van der Waals surface area contributed by atoms with E-state index in [9.17, 15) is 19.8 Å². The number of carbonyl (C=O) groups is 2. The third-order valence-electron chi connectivity index (χ3n) is 7.63. The van der Waals surface area contributed by atoms with E-state index in [0.29, 0.717) is 11.1 Å². The van der Waals surface area contributed by atoms with Gasteiger partial charge >= 0.3 is 0 Å². The summed E-state index contributed by atoms with van der Waals surface area (Å²) in [5, 5.41) is 19.8. The fourth-order valence-electron chi connectivity index (χ4n) is 5.01. The zero-order chi connectivity index (χ0) is 33.2. The highest BCUT2D eigenvalue weighted by Gasteiger charge is 2.32. The van der Waals surface area contributed by atoms with Crippen molar-refractivity contribution in [3.8, 4) is 0 Å². The molecule has 0 aromatic heterocycles. The van der Waals surface area contributed by atoms with Gasteiger partial charge in [0.1, 0.15) is 0 Å². The molecule has 0 aromatic carbocycles. The highest BCUT2D eigenvalue weighted by Crippen LogP contribution is 2.38.